The first-order valence-corrected chi connectivity index (χ1v) is 2.76. The summed E-state index contributed by atoms with van der Waals surface area (Å²) < 4.78 is 16.7. The molecule has 4 heteroatoms. The summed E-state index contributed by atoms with van der Waals surface area (Å²) in [4.78, 5) is 0. The average molecular weight is 240 g/mol. The number of rotatable bonds is 0. The van der Waals surface area contributed by atoms with Gasteiger partial charge in [0.15, 0.2) is 0 Å². The van der Waals surface area contributed by atoms with Gasteiger partial charge in [-0.05, 0) is 0 Å². The molecule has 0 aliphatic heterocycles. The molecule has 0 unspecified atom stereocenters. The molecule has 0 aromatic heterocycles. The van der Waals surface area contributed by atoms with Gasteiger partial charge >= 0.3 is 58.6 Å². The Morgan fingerprint density at radius 3 is 1.25 bits per heavy atom. The van der Waals surface area contributed by atoms with E-state index in [2.05, 4.69) is 0 Å². The van der Waals surface area contributed by atoms with E-state index < -0.39 is 0 Å². The zero-order valence-electron chi connectivity index (χ0n) is 1.89. The van der Waals surface area contributed by atoms with E-state index in [4.69, 9.17) is 5.12 Å². The van der Waals surface area contributed by atoms with Crippen molar-refractivity contribution in [3.05, 3.63) is 0 Å². The van der Waals surface area contributed by atoms with Crippen LogP contribution < -0.4 is 0 Å². The monoisotopic (exact) mass is 241 g/mol. The molecule has 0 amide bonds. The molecule has 19 valence electrons. The van der Waals surface area contributed by atoms with Crippen molar-refractivity contribution in [1.29, 1.82) is 0 Å². The average Bonchev–Trinajstić information content (AvgIpc) is 1.50. The number of hydrogen-bond acceptors (Lipinski definition) is 2. The molecule has 0 atom stereocenters. The van der Waals surface area contributed by atoms with E-state index in [1.54, 1.807) is 0 Å². The first-order valence-electron chi connectivity index (χ1n) is 0.440. The summed E-state index contributed by atoms with van der Waals surface area (Å²) >= 11 is 0.400. The van der Waals surface area contributed by atoms with Crippen LogP contribution in [0.25, 0.3) is 0 Å². The SMILES string of the molecule is [O]=[Sn].[O]=[Y]. The molecule has 0 heterocycles. The fourth-order valence-corrected chi connectivity index (χ4v) is 0. The summed E-state index contributed by atoms with van der Waals surface area (Å²) in [5.74, 6) is 0. The molecule has 4 heavy (non-hydrogen) atoms. The summed E-state index contributed by atoms with van der Waals surface area (Å²) in [6.45, 7) is 0. The fraction of sp³-hybridized carbons (Fsp3) is 0. The van der Waals surface area contributed by atoms with Crippen molar-refractivity contribution in [2.24, 2.45) is 0 Å². The van der Waals surface area contributed by atoms with Gasteiger partial charge < -0.3 is 0 Å². The maximum atomic E-state index is 8.38. The van der Waals surface area contributed by atoms with Crippen LogP contribution in [0, 0.1) is 0 Å². The van der Waals surface area contributed by atoms with Crippen LogP contribution in [0.15, 0.2) is 0 Å². The van der Waals surface area contributed by atoms with Gasteiger partial charge in [-0.25, -0.2) is 0 Å². The molecule has 2 nitrogen and oxygen atoms in total. The van der Waals surface area contributed by atoms with Gasteiger partial charge in [-0.2, -0.15) is 0 Å². The van der Waals surface area contributed by atoms with Crippen LogP contribution >= 0.6 is 0 Å². The predicted octanol–water partition coefficient (Wildman–Crippen LogP) is -0.621. The molecule has 0 aliphatic carbocycles. The number of hydrogen-bond donors (Lipinski definition) is 0. The molecule has 0 aromatic rings. The summed E-state index contributed by atoms with van der Waals surface area (Å²) in [7, 11) is 0. The first kappa shape index (κ1) is 9.09. The zero-order valence-corrected chi connectivity index (χ0v) is 7.59. The van der Waals surface area contributed by atoms with Gasteiger partial charge in [-0.3, -0.25) is 0 Å². The van der Waals surface area contributed by atoms with Gasteiger partial charge in [-0.15, -0.1) is 0 Å². The summed E-state index contributed by atoms with van der Waals surface area (Å²) in [5, 5.41) is 0. The van der Waals surface area contributed by atoms with E-state index in [0.29, 0.717) is 22.5 Å². The van der Waals surface area contributed by atoms with E-state index >= 15 is 0 Å². The molecular weight excluding hydrogens is 240 g/mol. The molecule has 0 aliphatic rings. The van der Waals surface area contributed by atoms with Crippen molar-refractivity contribution in [3.63, 3.8) is 0 Å². The van der Waals surface area contributed by atoms with E-state index in [0.717, 1.165) is 0 Å². The van der Waals surface area contributed by atoms with Gasteiger partial charge in [0.05, 0.1) is 0 Å². The van der Waals surface area contributed by atoms with Crippen molar-refractivity contribution in [2.45, 2.75) is 0 Å². The second-order valence-electron chi connectivity index (χ2n) is 0. The van der Waals surface area contributed by atoms with E-state index in [1.807, 2.05) is 0 Å². The van der Waals surface area contributed by atoms with Crippen LogP contribution in [0.4, 0.5) is 0 Å². The van der Waals surface area contributed by atoms with E-state index in [9.17, 15) is 0 Å². The summed E-state index contributed by atoms with van der Waals surface area (Å²) in [6.07, 6.45) is 0. The van der Waals surface area contributed by atoms with Crippen LogP contribution in [0.3, 0.4) is 0 Å². The Bertz CT molecular complexity index is 8.00. The van der Waals surface area contributed by atoms with Crippen molar-refractivity contribution in [1.82, 2.24) is 0 Å². The normalized spacial score (nSPS) is 2.50. The molecule has 0 bridgehead atoms. The third-order valence-corrected chi connectivity index (χ3v) is 0. The fourth-order valence-electron chi connectivity index (χ4n) is 0. The topological polar surface area (TPSA) is 34.1 Å². The van der Waals surface area contributed by atoms with Crippen molar-refractivity contribution >= 4 is 22.5 Å². The minimum absolute atomic E-state index is 0.100. The van der Waals surface area contributed by atoms with Crippen molar-refractivity contribution in [3.8, 4) is 0 Å². The molecule has 0 N–H and O–H groups in total. The minimum atomic E-state index is 0.100. The Hall–Kier alpha value is 1.50. The van der Waals surface area contributed by atoms with Crippen LogP contribution in [-0.4, -0.2) is 22.5 Å². The summed E-state index contributed by atoms with van der Waals surface area (Å²) in [5.41, 5.74) is 0. The van der Waals surface area contributed by atoms with E-state index in [-0.39, 0.29) is 31.0 Å². The Kier molecular flexibility index (Phi) is 55.6. The van der Waals surface area contributed by atoms with Crippen LogP contribution in [0.1, 0.15) is 0 Å². The Balaban J connectivity index is 0. The maximum absolute atomic E-state index is 8.38. The van der Waals surface area contributed by atoms with Crippen LogP contribution in [-0.2, 0) is 36.1 Å². The second kappa shape index (κ2) is 24.5. The molecule has 0 spiro atoms. The Morgan fingerprint density at radius 1 is 1.25 bits per heavy atom. The first-order chi connectivity index (χ1) is 2.00. The second-order valence-corrected chi connectivity index (χ2v) is 0. The predicted molar refractivity (Wildman–Crippen MR) is 7.13 cm³/mol. The van der Waals surface area contributed by atoms with Crippen LogP contribution in [0.2, 0.25) is 0 Å². The van der Waals surface area contributed by atoms with E-state index in [1.165, 1.54) is 0 Å². The molecule has 2 radical (unpaired) electrons. The Labute approximate surface area is 57.9 Å². The molecule has 0 saturated heterocycles. The molecule has 0 aromatic carbocycles. The van der Waals surface area contributed by atoms with Gasteiger partial charge in [-0.1, -0.05) is 0 Å². The third kappa shape index (κ3) is 9.72. The molecule has 0 fully saturated rings. The van der Waals surface area contributed by atoms with Crippen molar-refractivity contribution in [2.75, 3.05) is 0 Å². The zero-order chi connectivity index (χ0) is 4.00. The van der Waals surface area contributed by atoms with Crippen LogP contribution in [0.5, 0.6) is 0 Å². The molecule has 0 saturated carbocycles. The molecule has 0 rings (SSSR count). The van der Waals surface area contributed by atoms with Gasteiger partial charge in [0, 0.05) is 0 Å². The van der Waals surface area contributed by atoms with Gasteiger partial charge in [0.25, 0.3) is 0 Å². The Morgan fingerprint density at radius 2 is 1.25 bits per heavy atom. The summed E-state index contributed by atoms with van der Waals surface area (Å²) in [6, 6.07) is 0. The quantitative estimate of drug-likeness (QED) is 0.528. The standard InChI is InChI=1S/2O.Sn.Y. The van der Waals surface area contributed by atoms with Crippen molar-refractivity contribution < 1.29 is 36.1 Å². The van der Waals surface area contributed by atoms with Gasteiger partial charge in [0.1, 0.15) is 0 Å². The third-order valence-electron chi connectivity index (χ3n) is 0. The molecular formula is O2SnY. The van der Waals surface area contributed by atoms with Gasteiger partial charge in [0.2, 0.25) is 0 Å².